The maximum Gasteiger partial charge on any atom is 0.337 e. The van der Waals surface area contributed by atoms with Crippen molar-refractivity contribution < 1.29 is 29.4 Å². The predicted molar refractivity (Wildman–Crippen MR) is 92.4 cm³/mol. The summed E-state index contributed by atoms with van der Waals surface area (Å²) in [7, 11) is 0. The first-order chi connectivity index (χ1) is 12.2. The highest BCUT2D eigenvalue weighted by Gasteiger charge is 2.31. The molecule has 6 N–H and O–H groups in total. The molecular formula is C18H12N2O6. The molecule has 0 aliphatic rings. The number of hydrogen-bond acceptors (Lipinski definition) is 4. The van der Waals surface area contributed by atoms with Crippen molar-refractivity contribution >= 4 is 45.3 Å². The van der Waals surface area contributed by atoms with E-state index < -0.39 is 46.0 Å². The van der Waals surface area contributed by atoms with Crippen molar-refractivity contribution in [3.63, 3.8) is 0 Å². The van der Waals surface area contributed by atoms with Crippen LogP contribution in [0.15, 0.2) is 36.4 Å². The third-order valence-electron chi connectivity index (χ3n) is 4.10. The fourth-order valence-corrected chi connectivity index (χ4v) is 3.11. The third-order valence-corrected chi connectivity index (χ3v) is 4.10. The summed E-state index contributed by atoms with van der Waals surface area (Å²) in [6.07, 6.45) is 0. The fraction of sp³-hybridized carbons (Fsp3) is 0. The number of rotatable bonds is 4. The second kappa shape index (κ2) is 5.85. The molecule has 0 unspecified atom stereocenters. The summed E-state index contributed by atoms with van der Waals surface area (Å²) < 4.78 is 0. The zero-order valence-electron chi connectivity index (χ0n) is 13.1. The molecule has 0 aliphatic carbocycles. The molecule has 26 heavy (non-hydrogen) atoms. The van der Waals surface area contributed by atoms with Crippen molar-refractivity contribution in [2.24, 2.45) is 11.5 Å². The number of primary amides is 2. The second-order valence-corrected chi connectivity index (χ2v) is 5.58. The smallest absolute Gasteiger partial charge is 0.337 e. The highest BCUT2D eigenvalue weighted by molar-refractivity contribution is 6.26. The van der Waals surface area contributed by atoms with Gasteiger partial charge < -0.3 is 21.7 Å². The van der Waals surface area contributed by atoms with Crippen LogP contribution in [0.5, 0.6) is 0 Å². The molecule has 0 saturated carbocycles. The van der Waals surface area contributed by atoms with Crippen molar-refractivity contribution in [1.82, 2.24) is 0 Å². The Kier molecular flexibility index (Phi) is 3.80. The van der Waals surface area contributed by atoms with Gasteiger partial charge in [0.15, 0.2) is 0 Å². The summed E-state index contributed by atoms with van der Waals surface area (Å²) in [5.41, 5.74) is 8.01. The average molecular weight is 352 g/mol. The van der Waals surface area contributed by atoms with Gasteiger partial charge in [0.05, 0.1) is 22.3 Å². The van der Waals surface area contributed by atoms with E-state index in [1.807, 2.05) is 0 Å². The molecule has 3 aromatic carbocycles. The van der Waals surface area contributed by atoms with E-state index in [9.17, 15) is 29.4 Å². The van der Waals surface area contributed by atoms with Crippen LogP contribution in [0.3, 0.4) is 0 Å². The van der Waals surface area contributed by atoms with Crippen LogP contribution in [-0.4, -0.2) is 34.0 Å². The molecule has 0 aromatic heterocycles. The molecule has 0 heterocycles. The average Bonchev–Trinajstić information content (AvgIpc) is 2.56. The third kappa shape index (κ3) is 2.40. The number of benzene rings is 3. The quantitative estimate of drug-likeness (QED) is 0.521. The number of aromatic carboxylic acids is 2. The molecule has 0 spiro atoms. The molecule has 8 heteroatoms. The molecule has 0 aliphatic heterocycles. The van der Waals surface area contributed by atoms with Gasteiger partial charge >= 0.3 is 11.9 Å². The van der Waals surface area contributed by atoms with Gasteiger partial charge in [-0.2, -0.15) is 0 Å². The number of carbonyl (C=O) groups is 4. The summed E-state index contributed by atoms with van der Waals surface area (Å²) in [6.45, 7) is 0. The van der Waals surface area contributed by atoms with Crippen LogP contribution in [0.2, 0.25) is 0 Å². The van der Waals surface area contributed by atoms with Crippen molar-refractivity contribution in [1.29, 1.82) is 0 Å². The Balaban J connectivity index is 2.74. The molecule has 0 fully saturated rings. The Morgan fingerprint density at radius 2 is 1.08 bits per heavy atom. The van der Waals surface area contributed by atoms with Crippen LogP contribution >= 0.6 is 0 Å². The lowest BCUT2D eigenvalue weighted by molar-refractivity contribution is 0.0651. The number of carbonyl (C=O) groups excluding carboxylic acids is 2. The molecule has 3 aromatic rings. The Labute approximate surface area is 145 Å². The molecule has 0 saturated heterocycles. The summed E-state index contributed by atoms with van der Waals surface area (Å²) in [5, 5.41) is 20.4. The van der Waals surface area contributed by atoms with E-state index >= 15 is 0 Å². The number of carboxylic acid groups (broad SMARTS) is 2. The van der Waals surface area contributed by atoms with Crippen LogP contribution in [0, 0.1) is 0 Å². The topological polar surface area (TPSA) is 161 Å². The minimum absolute atomic E-state index is 0.0209. The first-order valence-electron chi connectivity index (χ1n) is 7.32. The van der Waals surface area contributed by atoms with Crippen molar-refractivity contribution in [3.8, 4) is 0 Å². The summed E-state index contributed by atoms with van der Waals surface area (Å²) in [6, 6.07) is 9.80. The normalized spacial score (nSPS) is 10.8. The zero-order chi connectivity index (χ0) is 19.2. The van der Waals surface area contributed by atoms with Gasteiger partial charge in [-0.15, -0.1) is 0 Å². The Morgan fingerprint density at radius 3 is 1.46 bits per heavy atom. The molecule has 130 valence electrons. The monoisotopic (exact) mass is 352 g/mol. The van der Waals surface area contributed by atoms with Gasteiger partial charge in [-0.3, -0.25) is 9.59 Å². The lowest BCUT2D eigenvalue weighted by Gasteiger charge is -2.16. The Bertz CT molecular complexity index is 1060. The Morgan fingerprint density at radius 1 is 0.654 bits per heavy atom. The van der Waals surface area contributed by atoms with Crippen LogP contribution in [0.25, 0.3) is 21.5 Å². The SMILES string of the molecule is NC(=O)c1c(C(=O)O)c(C(=O)O)c2cc3ccccc3cc2c1C(N)=O. The van der Waals surface area contributed by atoms with E-state index in [2.05, 4.69) is 0 Å². The van der Waals surface area contributed by atoms with E-state index in [0.717, 1.165) is 0 Å². The van der Waals surface area contributed by atoms with Gasteiger partial charge in [0.25, 0.3) is 0 Å². The Hall–Kier alpha value is -3.94. The maximum atomic E-state index is 12.0. The standard InChI is InChI=1S/C18H12N2O6/c19-15(21)11-9-5-7-3-1-2-4-8(7)6-10(9)12(17(23)24)14(18(25)26)13(11)16(20)22/h1-6H,(H2,19,21)(H2,20,22)(H,23,24)(H,25,26). The highest BCUT2D eigenvalue weighted by Crippen LogP contribution is 2.34. The lowest BCUT2D eigenvalue weighted by atomic mass is 9.86. The molecule has 0 atom stereocenters. The van der Waals surface area contributed by atoms with Crippen LogP contribution in [-0.2, 0) is 0 Å². The fourth-order valence-electron chi connectivity index (χ4n) is 3.11. The minimum atomic E-state index is -1.70. The maximum absolute atomic E-state index is 12.0. The molecule has 3 rings (SSSR count). The van der Waals surface area contributed by atoms with Gasteiger partial charge in [0, 0.05) is 0 Å². The molecule has 2 amide bonds. The number of fused-ring (bicyclic) bond motifs is 2. The van der Waals surface area contributed by atoms with Crippen molar-refractivity contribution in [3.05, 3.63) is 58.7 Å². The minimum Gasteiger partial charge on any atom is -0.478 e. The summed E-state index contributed by atoms with van der Waals surface area (Å²) in [4.78, 5) is 47.4. The van der Waals surface area contributed by atoms with E-state index in [1.165, 1.54) is 12.1 Å². The largest absolute Gasteiger partial charge is 0.478 e. The zero-order valence-corrected chi connectivity index (χ0v) is 13.1. The van der Waals surface area contributed by atoms with Crippen molar-refractivity contribution in [2.75, 3.05) is 0 Å². The van der Waals surface area contributed by atoms with Crippen LogP contribution < -0.4 is 11.5 Å². The first-order valence-corrected chi connectivity index (χ1v) is 7.32. The van der Waals surface area contributed by atoms with E-state index in [-0.39, 0.29) is 10.8 Å². The predicted octanol–water partition coefficient (Wildman–Crippen LogP) is 1.59. The molecule has 0 bridgehead atoms. The van der Waals surface area contributed by atoms with Gasteiger partial charge in [-0.25, -0.2) is 9.59 Å². The number of amides is 2. The van der Waals surface area contributed by atoms with Crippen LogP contribution in [0.1, 0.15) is 41.4 Å². The lowest BCUT2D eigenvalue weighted by Crippen LogP contribution is -2.26. The van der Waals surface area contributed by atoms with Crippen molar-refractivity contribution in [2.45, 2.75) is 0 Å². The van der Waals surface area contributed by atoms with Gasteiger partial charge in [-0.1, -0.05) is 24.3 Å². The second-order valence-electron chi connectivity index (χ2n) is 5.58. The highest BCUT2D eigenvalue weighted by atomic mass is 16.4. The van der Waals surface area contributed by atoms with E-state index in [1.54, 1.807) is 24.3 Å². The number of nitrogens with two attached hydrogens (primary N) is 2. The molecule has 8 nitrogen and oxygen atoms in total. The van der Waals surface area contributed by atoms with Crippen LogP contribution in [0.4, 0.5) is 0 Å². The number of carboxylic acids is 2. The first kappa shape index (κ1) is 16.9. The van der Waals surface area contributed by atoms with E-state index in [4.69, 9.17) is 11.5 Å². The molecular weight excluding hydrogens is 340 g/mol. The van der Waals surface area contributed by atoms with Gasteiger partial charge in [0.1, 0.15) is 0 Å². The van der Waals surface area contributed by atoms with Gasteiger partial charge in [-0.05, 0) is 33.7 Å². The van der Waals surface area contributed by atoms with E-state index in [0.29, 0.717) is 10.8 Å². The number of hydrogen-bond donors (Lipinski definition) is 4. The molecule has 0 radical (unpaired) electrons. The summed E-state index contributed by atoms with van der Waals surface area (Å²) >= 11 is 0. The van der Waals surface area contributed by atoms with Gasteiger partial charge in [0.2, 0.25) is 11.8 Å². The summed E-state index contributed by atoms with van der Waals surface area (Å²) in [5.74, 6) is -5.61.